The third kappa shape index (κ3) is 2.95. The first kappa shape index (κ1) is 9.86. The van der Waals surface area contributed by atoms with Gasteiger partial charge in [-0.15, -0.1) is 0 Å². The minimum atomic E-state index is 0.993. The zero-order chi connectivity index (χ0) is 9.68. The van der Waals surface area contributed by atoms with Crippen molar-refractivity contribution in [3.8, 4) is 11.8 Å². The zero-order valence-corrected chi connectivity index (χ0v) is 8.65. The number of aryl methyl sites for hydroxylation is 2. The molecule has 0 bridgehead atoms. The number of hydrogen-bond donors (Lipinski definition) is 0. The van der Waals surface area contributed by atoms with Gasteiger partial charge in [0.05, 0.1) is 0 Å². The Hall–Kier alpha value is -1.22. The van der Waals surface area contributed by atoms with Crippen LogP contribution in [0.4, 0.5) is 0 Å². The van der Waals surface area contributed by atoms with E-state index in [1.54, 1.807) is 0 Å². The Labute approximate surface area is 81.0 Å². The zero-order valence-electron chi connectivity index (χ0n) is 8.65. The standard InChI is InChI=1S/C13H16/c1-4-5-6-7-13-10-11(2)8-9-12(13)3/h8-10H,4-5H2,1-3H3. The lowest BCUT2D eigenvalue weighted by Gasteiger charge is -1.98. The second kappa shape index (κ2) is 4.72. The SMILES string of the molecule is CCCC#Cc1cc(C)ccc1C. The highest BCUT2D eigenvalue weighted by Crippen LogP contribution is 2.08. The van der Waals surface area contributed by atoms with E-state index < -0.39 is 0 Å². The van der Waals surface area contributed by atoms with Crippen LogP contribution in [0.1, 0.15) is 36.5 Å². The molecule has 0 nitrogen and oxygen atoms in total. The molecular weight excluding hydrogens is 156 g/mol. The minimum Gasteiger partial charge on any atom is -0.0979 e. The van der Waals surface area contributed by atoms with E-state index in [1.807, 2.05) is 0 Å². The monoisotopic (exact) mass is 172 g/mol. The quantitative estimate of drug-likeness (QED) is 0.569. The van der Waals surface area contributed by atoms with Gasteiger partial charge in [-0.1, -0.05) is 30.9 Å². The Morgan fingerprint density at radius 1 is 1.23 bits per heavy atom. The Morgan fingerprint density at radius 2 is 2.00 bits per heavy atom. The topological polar surface area (TPSA) is 0 Å². The van der Waals surface area contributed by atoms with E-state index in [9.17, 15) is 0 Å². The second-order valence-electron chi connectivity index (χ2n) is 3.37. The lowest BCUT2D eigenvalue weighted by Crippen LogP contribution is -1.83. The molecule has 0 atom stereocenters. The average Bonchev–Trinajstić information content (AvgIpc) is 2.11. The van der Waals surface area contributed by atoms with E-state index in [0.29, 0.717) is 0 Å². The first-order valence-electron chi connectivity index (χ1n) is 4.80. The number of rotatable bonds is 1. The van der Waals surface area contributed by atoms with Gasteiger partial charge in [0.2, 0.25) is 0 Å². The van der Waals surface area contributed by atoms with Gasteiger partial charge in [-0.25, -0.2) is 0 Å². The summed E-state index contributed by atoms with van der Waals surface area (Å²) in [5.74, 6) is 6.37. The van der Waals surface area contributed by atoms with E-state index in [0.717, 1.165) is 12.8 Å². The van der Waals surface area contributed by atoms with Crippen molar-refractivity contribution in [3.63, 3.8) is 0 Å². The highest BCUT2D eigenvalue weighted by molar-refractivity contribution is 5.42. The smallest absolute Gasteiger partial charge is 0.0277 e. The van der Waals surface area contributed by atoms with Crippen molar-refractivity contribution in [1.82, 2.24) is 0 Å². The lowest BCUT2D eigenvalue weighted by molar-refractivity contribution is 0.983. The van der Waals surface area contributed by atoms with Gasteiger partial charge in [-0.3, -0.25) is 0 Å². The molecule has 0 radical (unpaired) electrons. The van der Waals surface area contributed by atoms with E-state index in [1.165, 1.54) is 16.7 Å². The molecule has 0 heteroatoms. The molecule has 0 fully saturated rings. The van der Waals surface area contributed by atoms with Crippen molar-refractivity contribution in [3.05, 3.63) is 34.9 Å². The Balaban J connectivity index is 2.89. The summed E-state index contributed by atoms with van der Waals surface area (Å²) >= 11 is 0. The molecule has 1 rings (SSSR count). The fourth-order valence-electron chi connectivity index (χ4n) is 1.15. The lowest BCUT2D eigenvalue weighted by atomic mass is 10.1. The molecule has 1 aromatic rings. The maximum absolute atomic E-state index is 3.20. The molecule has 1 aromatic carbocycles. The highest BCUT2D eigenvalue weighted by Gasteiger charge is 1.93. The van der Waals surface area contributed by atoms with Crippen LogP contribution >= 0.6 is 0 Å². The summed E-state index contributed by atoms with van der Waals surface area (Å²) in [7, 11) is 0. The van der Waals surface area contributed by atoms with Gasteiger partial charge >= 0.3 is 0 Å². The van der Waals surface area contributed by atoms with Gasteiger partial charge in [0.15, 0.2) is 0 Å². The number of unbranched alkanes of at least 4 members (excludes halogenated alkanes) is 1. The normalized spacial score (nSPS) is 9.15. The van der Waals surface area contributed by atoms with Crippen LogP contribution in [0.15, 0.2) is 18.2 Å². The van der Waals surface area contributed by atoms with Gasteiger partial charge in [-0.2, -0.15) is 0 Å². The van der Waals surface area contributed by atoms with Crippen molar-refractivity contribution in [2.45, 2.75) is 33.6 Å². The third-order valence-corrected chi connectivity index (χ3v) is 1.99. The highest BCUT2D eigenvalue weighted by atomic mass is 14.0. The van der Waals surface area contributed by atoms with Gasteiger partial charge in [-0.05, 0) is 37.5 Å². The van der Waals surface area contributed by atoms with Gasteiger partial charge in [0.1, 0.15) is 0 Å². The number of benzene rings is 1. The van der Waals surface area contributed by atoms with Crippen molar-refractivity contribution in [2.75, 3.05) is 0 Å². The van der Waals surface area contributed by atoms with Crippen LogP contribution in [-0.4, -0.2) is 0 Å². The van der Waals surface area contributed by atoms with Crippen molar-refractivity contribution in [1.29, 1.82) is 0 Å². The van der Waals surface area contributed by atoms with E-state index in [2.05, 4.69) is 50.8 Å². The largest absolute Gasteiger partial charge is 0.0979 e. The Morgan fingerprint density at radius 3 is 2.69 bits per heavy atom. The van der Waals surface area contributed by atoms with Gasteiger partial charge in [0.25, 0.3) is 0 Å². The first-order valence-corrected chi connectivity index (χ1v) is 4.80. The summed E-state index contributed by atoms with van der Waals surface area (Å²) in [6.07, 6.45) is 2.13. The first-order chi connectivity index (χ1) is 6.24. The van der Waals surface area contributed by atoms with E-state index in [4.69, 9.17) is 0 Å². The van der Waals surface area contributed by atoms with Crippen molar-refractivity contribution < 1.29 is 0 Å². The molecule has 0 N–H and O–H groups in total. The predicted molar refractivity (Wildman–Crippen MR) is 57.7 cm³/mol. The van der Waals surface area contributed by atoms with E-state index in [-0.39, 0.29) is 0 Å². The molecule has 0 aliphatic carbocycles. The fourth-order valence-corrected chi connectivity index (χ4v) is 1.15. The Bertz CT molecular complexity index is 337. The molecule has 0 unspecified atom stereocenters. The summed E-state index contributed by atoms with van der Waals surface area (Å²) in [6, 6.07) is 6.41. The average molecular weight is 172 g/mol. The molecule has 0 aliphatic rings. The summed E-state index contributed by atoms with van der Waals surface area (Å²) in [4.78, 5) is 0. The summed E-state index contributed by atoms with van der Waals surface area (Å²) < 4.78 is 0. The van der Waals surface area contributed by atoms with Crippen LogP contribution in [0, 0.1) is 25.7 Å². The minimum absolute atomic E-state index is 0.993. The Kier molecular flexibility index (Phi) is 3.58. The molecule has 68 valence electrons. The molecule has 0 saturated heterocycles. The van der Waals surface area contributed by atoms with Crippen LogP contribution < -0.4 is 0 Å². The molecule has 0 aromatic heterocycles. The van der Waals surface area contributed by atoms with Crippen LogP contribution in [0.25, 0.3) is 0 Å². The molecule has 0 aliphatic heterocycles. The predicted octanol–water partition coefficient (Wildman–Crippen LogP) is 3.46. The van der Waals surface area contributed by atoms with Crippen LogP contribution in [0.2, 0.25) is 0 Å². The number of hydrogen-bond acceptors (Lipinski definition) is 0. The molecule has 0 saturated carbocycles. The fraction of sp³-hybridized carbons (Fsp3) is 0.385. The molecule has 0 spiro atoms. The van der Waals surface area contributed by atoms with Crippen LogP contribution in [0.3, 0.4) is 0 Å². The second-order valence-corrected chi connectivity index (χ2v) is 3.37. The van der Waals surface area contributed by atoms with Crippen molar-refractivity contribution in [2.24, 2.45) is 0 Å². The molecule has 0 amide bonds. The summed E-state index contributed by atoms with van der Waals surface area (Å²) in [5.41, 5.74) is 3.73. The van der Waals surface area contributed by atoms with Gasteiger partial charge in [0, 0.05) is 12.0 Å². The van der Waals surface area contributed by atoms with Gasteiger partial charge < -0.3 is 0 Å². The van der Waals surface area contributed by atoms with Crippen molar-refractivity contribution >= 4 is 0 Å². The maximum Gasteiger partial charge on any atom is 0.0277 e. The van der Waals surface area contributed by atoms with E-state index >= 15 is 0 Å². The maximum atomic E-state index is 3.20. The summed E-state index contributed by atoms with van der Waals surface area (Å²) in [6.45, 7) is 6.36. The van der Waals surface area contributed by atoms with Crippen LogP contribution in [0.5, 0.6) is 0 Å². The summed E-state index contributed by atoms with van der Waals surface area (Å²) in [5, 5.41) is 0. The molecule has 0 heterocycles. The third-order valence-electron chi connectivity index (χ3n) is 1.99. The molecular formula is C13H16. The van der Waals surface area contributed by atoms with Crippen LogP contribution in [-0.2, 0) is 0 Å². The molecule has 13 heavy (non-hydrogen) atoms.